The van der Waals surface area contributed by atoms with Gasteiger partial charge in [0.1, 0.15) is 0 Å². The van der Waals surface area contributed by atoms with Crippen molar-refractivity contribution < 1.29 is 13.2 Å². The molecular formula is C18H13F3N4. The molecule has 0 saturated heterocycles. The van der Waals surface area contributed by atoms with Crippen LogP contribution in [0.2, 0.25) is 0 Å². The van der Waals surface area contributed by atoms with Gasteiger partial charge in [-0.15, -0.1) is 0 Å². The maximum atomic E-state index is 12.8. The van der Waals surface area contributed by atoms with Gasteiger partial charge in [-0.3, -0.25) is 4.68 Å². The first-order valence-electron chi connectivity index (χ1n) is 7.35. The van der Waals surface area contributed by atoms with Crippen LogP contribution in [0.15, 0.2) is 54.9 Å². The first-order chi connectivity index (χ1) is 11.9. The van der Waals surface area contributed by atoms with Crippen molar-refractivity contribution in [3.8, 4) is 17.2 Å². The normalized spacial score (nSPS) is 11.3. The second-order valence-corrected chi connectivity index (χ2v) is 5.54. The van der Waals surface area contributed by atoms with Gasteiger partial charge in [0.15, 0.2) is 0 Å². The fourth-order valence-electron chi connectivity index (χ4n) is 2.53. The number of benzene rings is 2. The lowest BCUT2D eigenvalue weighted by Gasteiger charge is -2.08. The lowest BCUT2D eigenvalue weighted by Crippen LogP contribution is -2.07. The van der Waals surface area contributed by atoms with E-state index in [2.05, 4.69) is 11.2 Å². The summed E-state index contributed by atoms with van der Waals surface area (Å²) in [5, 5.41) is 13.4. The summed E-state index contributed by atoms with van der Waals surface area (Å²) in [5.41, 5.74) is 7.74. The van der Waals surface area contributed by atoms with E-state index in [9.17, 15) is 18.4 Å². The highest BCUT2D eigenvalue weighted by Crippen LogP contribution is 2.30. The van der Waals surface area contributed by atoms with Gasteiger partial charge < -0.3 is 5.73 Å². The van der Waals surface area contributed by atoms with E-state index >= 15 is 0 Å². The van der Waals surface area contributed by atoms with E-state index in [0.717, 1.165) is 12.1 Å². The zero-order chi connectivity index (χ0) is 18.0. The van der Waals surface area contributed by atoms with Crippen molar-refractivity contribution in [2.45, 2.75) is 12.7 Å². The molecule has 0 atom stereocenters. The van der Waals surface area contributed by atoms with Crippen molar-refractivity contribution in [3.05, 3.63) is 71.5 Å². The number of nitrogen functional groups attached to an aromatic ring is 1. The molecule has 25 heavy (non-hydrogen) atoms. The fraction of sp³-hybridized carbons (Fsp3) is 0.111. The van der Waals surface area contributed by atoms with Gasteiger partial charge in [0.2, 0.25) is 0 Å². The Bertz CT molecular complexity index is 951. The zero-order valence-corrected chi connectivity index (χ0v) is 13.0. The van der Waals surface area contributed by atoms with Crippen LogP contribution in [0.1, 0.15) is 16.7 Å². The number of hydrogen-bond donors (Lipinski definition) is 1. The van der Waals surface area contributed by atoms with Gasteiger partial charge in [-0.2, -0.15) is 23.5 Å². The lowest BCUT2D eigenvalue weighted by molar-refractivity contribution is -0.137. The fourth-order valence-corrected chi connectivity index (χ4v) is 2.53. The van der Waals surface area contributed by atoms with E-state index in [1.54, 1.807) is 36.7 Å². The quantitative estimate of drug-likeness (QED) is 0.730. The molecule has 2 aromatic carbocycles. The van der Waals surface area contributed by atoms with Crippen LogP contribution >= 0.6 is 0 Å². The Morgan fingerprint density at radius 1 is 1.16 bits per heavy atom. The SMILES string of the molecule is N#Cc1cc(N)ccc1-c1cnn(Cc2cccc(C(F)(F)F)c2)c1. The largest absolute Gasteiger partial charge is 0.416 e. The van der Waals surface area contributed by atoms with Crippen molar-refractivity contribution in [2.24, 2.45) is 0 Å². The minimum atomic E-state index is -4.38. The minimum absolute atomic E-state index is 0.195. The Morgan fingerprint density at radius 3 is 2.68 bits per heavy atom. The van der Waals surface area contributed by atoms with Gasteiger partial charge in [0.05, 0.1) is 29.9 Å². The van der Waals surface area contributed by atoms with Gasteiger partial charge >= 0.3 is 6.18 Å². The van der Waals surface area contributed by atoms with Crippen LogP contribution in [0.25, 0.3) is 11.1 Å². The molecule has 126 valence electrons. The molecule has 7 heteroatoms. The molecule has 3 rings (SSSR count). The maximum Gasteiger partial charge on any atom is 0.416 e. The molecule has 0 saturated carbocycles. The summed E-state index contributed by atoms with van der Waals surface area (Å²) in [7, 11) is 0. The average Bonchev–Trinajstić information content (AvgIpc) is 3.02. The molecule has 0 bridgehead atoms. The van der Waals surface area contributed by atoms with E-state index in [1.165, 1.54) is 10.7 Å². The van der Waals surface area contributed by atoms with E-state index in [1.807, 2.05) is 0 Å². The van der Waals surface area contributed by atoms with Crippen LogP contribution in [0.4, 0.5) is 18.9 Å². The number of rotatable bonds is 3. The van der Waals surface area contributed by atoms with Gasteiger partial charge in [-0.05, 0) is 29.8 Å². The van der Waals surface area contributed by atoms with Crippen molar-refractivity contribution in [3.63, 3.8) is 0 Å². The average molecular weight is 342 g/mol. The third-order valence-corrected chi connectivity index (χ3v) is 3.71. The molecular weight excluding hydrogens is 329 g/mol. The summed E-state index contributed by atoms with van der Waals surface area (Å²) in [4.78, 5) is 0. The molecule has 0 amide bonds. The van der Waals surface area contributed by atoms with E-state index in [-0.39, 0.29) is 6.54 Å². The first-order valence-corrected chi connectivity index (χ1v) is 7.35. The number of alkyl halides is 3. The van der Waals surface area contributed by atoms with Gasteiger partial charge in [-0.1, -0.05) is 18.2 Å². The third-order valence-electron chi connectivity index (χ3n) is 3.71. The molecule has 0 unspecified atom stereocenters. The van der Waals surface area contributed by atoms with Gasteiger partial charge in [0.25, 0.3) is 0 Å². The summed E-state index contributed by atoms with van der Waals surface area (Å²) < 4.78 is 39.9. The Morgan fingerprint density at radius 2 is 1.96 bits per heavy atom. The number of anilines is 1. The number of halogens is 3. The highest BCUT2D eigenvalue weighted by atomic mass is 19.4. The standard InChI is InChI=1S/C18H13F3N4/c19-18(20,21)15-3-1-2-12(6-15)10-25-11-14(9-24-25)17-5-4-16(23)7-13(17)8-22/h1-7,9,11H,10,23H2. The lowest BCUT2D eigenvalue weighted by atomic mass is 10.0. The topological polar surface area (TPSA) is 67.6 Å². The Kier molecular flexibility index (Phi) is 4.19. The number of nitrogens with two attached hydrogens (primary N) is 1. The Balaban J connectivity index is 1.87. The molecule has 1 aromatic heterocycles. The number of nitrogens with zero attached hydrogens (tertiary/aromatic N) is 3. The number of nitriles is 1. The van der Waals surface area contributed by atoms with E-state index < -0.39 is 11.7 Å². The molecule has 1 heterocycles. The minimum Gasteiger partial charge on any atom is -0.399 e. The highest BCUT2D eigenvalue weighted by Gasteiger charge is 2.30. The van der Waals surface area contributed by atoms with Crippen molar-refractivity contribution in [1.82, 2.24) is 9.78 Å². The molecule has 3 aromatic rings. The first kappa shape index (κ1) is 16.6. The second kappa shape index (κ2) is 6.32. The second-order valence-electron chi connectivity index (χ2n) is 5.54. The number of hydrogen-bond acceptors (Lipinski definition) is 3. The smallest absolute Gasteiger partial charge is 0.399 e. The predicted molar refractivity (Wildman–Crippen MR) is 87.3 cm³/mol. The summed E-state index contributed by atoms with van der Waals surface area (Å²) in [6, 6.07) is 12.2. The van der Waals surface area contributed by atoms with Gasteiger partial charge in [-0.25, -0.2) is 0 Å². The Hall–Kier alpha value is -3.27. The summed E-state index contributed by atoms with van der Waals surface area (Å²) in [5.74, 6) is 0. The molecule has 0 aliphatic rings. The molecule has 0 fully saturated rings. The van der Waals surface area contributed by atoms with Crippen LogP contribution in [0, 0.1) is 11.3 Å². The molecule has 0 radical (unpaired) electrons. The maximum absolute atomic E-state index is 12.8. The number of aromatic nitrogens is 2. The van der Waals surface area contributed by atoms with Crippen molar-refractivity contribution >= 4 is 5.69 Å². The summed E-state index contributed by atoms with van der Waals surface area (Å²) in [6.07, 6.45) is -1.12. The van der Waals surface area contributed by atoms with Crippen LogP contribution in [0.5, 0.6) is 0 Å². The van der Waals surface area contributed by atoms with Gasteiger partial charge in [0, 0.05) is 23.0 Å². The molecule has 4 nitrogen and oxygen atoms in total. The van der Waals surface area contributed by atoms with E-state index in [0.29, 0.717) is 27.9 Å². The van der Waals surface area contributed by atoms with Crippen molar-refractivity contribution in [2.75, 3.05) is 5.73 Å². The van der Waals surface area contributed by atoms with E-state index in [4.69, 9.17) is 5.73 Å². The molecule has 0 aliphatic carbocycles. The summed E-state index contributed by atoms with van der Waals surface area (Å²) in [6.45, 7) is 0.195. The molecule has 2 N–H and O–H groups in total. The van der Waals surface area contributed by atoms with Crippen LogP contribution in [-0.2, 0) is 12.7 Å². The van der Waals surface area contributed by atoms with Crippen LogP contribution in [-0.4, -0.2) is 9.78 Å². The molecule has 0 spiro atoms. The predicted octanol–water partition coefficient (Wildman–Crippen LogP) is 4.07. The third kappa shape index (κ3) is 3.63. The Labute approximate surface area is 141 Å². The summed E-state index contributed by atoms with van der Waals surface area (Å²) >= 11 is 0. The molecule has 0 aliphatic heterocycles. The zero-order valence-electron chi connectivity index (χ0n) is 13.0. The highest BCUT2D eigenvalue weighted by molar-refractivity contribution is 5.72. The van der Waals surface area contributed by atoms with Crippen LogP contribution in [0.3, 0.4) is 0 Å². The van der Waals surface area contributed by atoms with Crippen molar-refractivity contribution in [1.29, 1.82) is 5.26 Å². The van der Waals surface area contributed by atoms with Crippen LogP contribution < -0.4 is 5.73 Å². The monoisotopic (exact) mass is 342 g/mol.